The minimum absolute atomic E-state index is 0.0855. The van der Waals surface area contributed by atoms with Crippen molar-refractivity contribution in [2.75, 3.05) is 13.2 Å². The lowest BCUT2D eigenvalue weighted by Gasteiger charge is -2.20. The quantitative estimate of drug-likeness (QED) is 0.888. The van der Waals surface area contributed by atoms with Crippen molar-refractivity contribution in [2.24, 2.45) is 13.0 Å². The molecule has 23 heavy (non-hydrogen) atoms. The lowest BCUT2D eigenvalue weighted by Crippen LogP contribution is -2.25. The second-order valence-electron chi connectivity index (χ2n) is 7.44. The van der Waals surface area contributed by atoms with E-state index in [4.69, 9.17) is 4.74 Å². The molecule has 126 valence electrons. The van der Waals surface area contributed by atoms with Crippen LogP contribution in [0.15, 0.2) is 18.6 Å². The summed E-state index contributed by atoms with van der Waals surface area (Å²) >= 11 is 0. The van der Waals surface area contributed by atoms with Gasteiger partial charge in [0.1, 0.15) is 0 Å². The van der Waals surface area contributed by atoms with Crippen LogP contribution in [-0.4, -0.2) is 33.1 Å². The van der Waals surface area contributed by atoms with E-state index in [1.54, 1.807) is 0 Å². The van der Waals surface area contributed by atoms with Crippen LogP contribution < -0.4 is 5.32 Å². The molecule has 0 radical (unpaired) electrons. The highest BCUT2D eigenvalue weighted by Crippen LogP contribution is 2.33. The van der Waals surface area contributed by atoms with Crippen molar-refractivity contribution < 1.29 is 4.74 Å². The summed E-state index contributed by atoms with van der Waals surface area (Å²) in [6, 6.07) is 0. The molecule has 3 heterocycles. The van der Waals surface area contributed by atoms with Gasteiger partial charge in [0.15, 0.2) is 0 Å². The molecule has 0 amide bonds. The molecule has 6 nitrogen and oxygen atoms in total. The van der Waals surface area contributed by atoms with Crippen LogP contribution in [0, 0.1) is 5.92 Å². The van der Waals surface area contributed by atoms with E-state index in [0.29, 0.717) is 5.92 Å². The highest BCUT2D eigenvalue weighted by atomic mass is 16.5. The second-order valence-corrected chi connectivity index (χ2v) is 7.44. The Labute approximate surface area is 137 Å². The Kier molecular flexibility index (Phi) is 4.55. The van der Waals surface area contributed by atoms with Crippen molar-refractivity contribution in [1.82, 2.24) is 25.3 Å². The Hall–Kier alpha value is -1.66. The van der Waals surface area contributed by atoms with Crippen LogP contribution in [-0.2, 0) is 23.7 Å². The zero-order valence-electron chi connectivity index (χ0n) is 14.5. The number of aromatic nitrogens is 4. The zero-order chi connectivity index (χ0) is 16.4. The summed E-state index contributed by atoms with van der Waals surface area (Å²) in [5.74, 6) is 0.490. The van der Waals surface area contributed by atoms with Crippen LogP contribution in [0.3, 0.4) is 0 Å². The fourth-order valence-electron chi connectivity index (χ4n) is 3.29. The summed E-state index contributed by atoms with van der Waals surface area (Å²) in [6.07, 6.45) is 7.14. The van der Waals surface area contributed by atoms with Crippen molar-refractivity contribution in [3.8, 4) is 0 Å². The summed E-state index contributed by atoms with van der Waals surface area (Å²) in [5.41, 5.74) is 3.71. The molecule has 2 aromatic heterocycles. The SMILES string of the molecule is Cn1cc(C2OCCC2CNCc2cn[nH]c2C(C)(C)C)cn1. The molecule has 1 fully saturated rings. The monoisotopic (exact) mass is 317 g/mol. The fraction of sp³-hybridized carbons (Fsp3) is 0.647. The first-order valence-corrected chi connectivity index (χ1v) is 8.28. The average Bonchev–Trinajstić information content (AvgIpc) is 3.17. The fourth-order valence-corrected chi connectivity index (χ4v) is 3.29. The molecular formula is C17H27N5O. The number of ether oxygens (including phenoxy) is 1. The van der Waals surface area contributed by atoms with Crippen LogP contribution in [0.5, 0.6) is 0 Å². The molecule has 0 aliphatic carbocycles. The third kappa shape index (κ3) is 3.64. The maximum Gasteiger partial charge on any atom is 0.0896 e. The van der Waals surface area contributed by atoms with E-state index >= 15 is 0 Å². The van der Waals surface area contributed by atoms with Crippen molar-refractivity contribution in [3.63, 3.8) is 0 Å². The van der Waals surface area contributed by atoms with Gasteiger partial charge in [0, 0.05) is 61.1 Å². The van der Waals surface area contributed by atoms with E-state index in [9.17, 15) is 0 Å². The van der Waals surface area contributed by atoms with Crippen molar-refractivity contribution in [3.05, 3.63) is 35.4 Å². The Bertz CT molecular complexity index is 639. The van der Waals surface area contributed by atoms with Crippen LogP contribution in [0.4, 0.5) is 0 Å². The average molecular weight is 317 g/mol. The van der Waals surface area contributed by atoms with Crippen LogP contribution in [0.2, 0.25) is 0 Å². The highest BCUT2D eigenvalue weighted by molar-refractivity contribution is 5.23. The van der Waals surface area contributed by atoms with Gasteiger partial charge in [-0.15, -0.1) is 0 Å². The topological polar surface area (TPSA) is 67.8 Å². The van der Waals surface area contributed by atoms with Gasteiger partial charge in [0.2, 0.25) is 0 Å². The summed E-state index contributed by atoms with van der Waals surface area (Å²) in [6.45, 7) is 9.20. The number of nitrogens with zero attached hydrogens (tertiary/aromatic N) is 3. The van der Waals surface area contributed by atoms with E-state index in [-0.39, 0.29) is 11.5 Å². The molecule has 1 saturated heterocycles. The molecule has 2 aromatic rings. The molecule has 6 heteroatoms. The molecule has 0 spiro atoms. The molecule has 2 N–H and O–H groups in total. The van der Waals surface area contributed by atoms with E-state index in [1.165, 1.54) is 16.8 Å². The number of hydrogen-bond acceptors (Lipinski definition) is 4. The maximum atomic E-state index is 5.92. The minimum atomic E-state index is 0.0855. The minimum Gasteiger partial charge on any atom is -0.373 e. The Morgan fingerprint density at radius 3 is 2.91 bits per heavy atom. The van der Waals surface area contributed by atoms with E-state index in [1.807, 2.05) is 24.1 Å². The van der Waals surface area contributed by atoms with Gasteiger partial charge in [-0.2, -0.15) is 10.2 Å². The maximum absolute atomic E-state index is 5.92. The van der Waals surface area contributed by atoms with Gasteiger partial charge >= 0.3 is 0 Å². The van der Waals surface area contributed by atoms with Crippen LogP contribution >= 0.6 is 0 Å². The van der Waals surface area contributed by atoms with Crippen LogP contribution in [0.1, 0.15) is 50.1 Å². The van der Waals surface area contributed by atoms with Crippen molar-refractivity contribution >= 4 is 0 Å². The number of hydrogen-bond donors (Lipinski definition) is 2. The zero-order valence-corrected chi connectivity index (χ0v) is 14.5. The molecular weight excluding hydrogens is 290 g/mol. The Morgan fingerprint density at radius 2 is 2.22 bits per heavy atom. The molecule has 0 saturated carbocycles. The first kappa shape index (κ1) is 16.2. The lowest BCUT2D eigenvalue weighted by atomic mass is 9.89. The molecule has 2 unspecified atom stereocenters. The van der Waals surface area contributed by atoms with Gasteiger partial charge in [-0.1, -0.05) is 20.8 Å². The molecule has 2 atom stereocenters. The van der Waals surface area contributed by atoms with Gasteiger partial charge in [-0.05, 0) is 6.42 Å². The smallest absolute Gasteiger partial charge is 0.0896 e. The summed E-state index contributed by atoms with van der Waals surface area (Å²) in [5, 5.41) is 15.2. The lowest BCUT2D eigenvalue weighted by molar-refractivity contribution is 0.0904. The second kappa shape index (κ2) is 6.45. The standard InChI is InChI=1S/C17H27N5O/c1-17(2,3)16-13(9-19-21-16)8-18-7-12-5-6-23-15(12)14-10-20-22(4)11-14/h9-12,15,18H,5-8H2,1-4H3,(H,19,21). The van der Waals surface area contributed by atoms with E-state index in [0.717, 1.165) is 26.1 Å². The first-order valence-electron chi connectivity index (χ1n) is 8.28. The van der Waals surface area contributed by atoms with Crippen molar-refractivity contribution in [2.45, 2.75) is 45.3 Å². The number of rotatable bonds is 5. The summed E-state index contributed by atoms with van der Waals surface area (Å²) in [7, 11) is 1.94. The predicted octanol–water partition coefficient (Wildman–Crippen LogP) is 2.31. The van der Waals surface area contributed by atoms with Crippen LogP contribution in [0.25, 0.3) is 0 Å². The highest BCUT2D eigenvalue weighted by Gasteiger charge is 2.30. The van der Waals surface area contributed by atoms with E-state index < -0.39 is 0 Å². The number of aryl methyl sites for hydroxylation is 1. The third-order valence-corrected chi connectivity index (χ3v) is 4.46. The number of aromatic amines is 1. The third-order valence-electron chi connectivity index (χ3n) is 4.46. The predicted molar refractivity (Wildman–Crippen MR) is 89.0 cm³/mol. The number of nitrogens with one attached hydrogen (secondary N) is 2. The summed E-state index contributed by atoms with van der Waals surface area (Å²) in [4.78, 5) is 0. The van der Waals surface area contributed by atoms with Gasteiger partial charge < -0.3 is 10.1 Å². The molecule has 3 rings (SSSR count). The van der Waals surface area contributed by atoms with Crippen molar-refractivity contribution in [1.29, 1.82) is 0 Å². The normalized spacial score (nSPS) is 21.9. The molecule has 1 aliphatic heterocycles. The van der Waals surface area contributed by atoms with Gasteiger partial charge in [-0.25, -0.2) is 0 Å². The van der Waals surface area contributed by atoms with Gasteiger partial charge in [0.25, 0.3) is 0 Å². The molecule has 0 bridgehead atoms. The molecule has 1 aliphatic rings. The first-order chi connectivity index (χ1) is 10.9. The number of H-pyrrole nitrogens is 1. The molecule has 0 aromatic carbocycles. The Balaban J connectivity index is 1.57. The largest absolute Gasteiger partial charge is 0.373 e. The van der Waals surface area contributed by atoms with Gasteiger partial charge in [-0.3, -0.25) is 9.78 Å². The summed E-state index contributed by atoms with van der Waals surface area (Å²) < 4.78 is 7.75. The van der Waals surface area contributed by atoms with Gasteiger partial charge in [0.05, 0.1) is 18.5 Å². The van der Waals surface area contributed by atoms with E-state index in [2.05, 4.69) is 47.6 Å². The Morgan fingerprint density at radius 1 is 1.39 bits per heavy atom.